The van der Waals surface area contributed by atoms with E-state index in [1.165, 1.54) is 0 Å². The van der Waals surface area contributed by atoms with Gasteiger partial charge < -0.3 is 31.7 Å². The van der Waals surface area contributed by atoms with Crippen molar-refractivity contribution in [1.29, 1.82) is 0 Å². The maximum Gasteiger partial charge on any atom is 0.328 e. The van der Waals surface area contributed by atoms with Gasteiger partial charge in [0.15, 0.2) is 0 Å². The topological polar surface area (TPSA) is 179 Å². The number of aliphatic carboxylic acids is 2. The molecule has 0 heterocycles. The number of hydrogen-bond acceptors (Lipinski definition) is 7. The first kappa shape index (κ1) is 20.1. The largest absolute Gasteiger partial charge is 0.481 e. The van der Waals surface area contributed by atoms with Crippen molar-refractivity contribution in [1.82, 2.24) is 10.6 Å². The molecule has 11 heteroatoms. The van der Waals surface area contributed by atoms with Crippen molar-refractivity contribution in [2.45, 2.75) is 31.0 Å². The lowest BCUT2D eigenvalue weighted by atomic mass is 10.1. The average molecular weight is 337 g/mol. The third-order valence-corrected chi connectivity index (χ3v) is 2.98. The number of amides is 2. The van der Waals surface area contributed by atoms with Crippen molar-refractivity contribution < 1.29 is 34.5 Å². The Morgan fingerprint density at radius 2 is 1.59 bits per heavy atom. The Kier molecular flexibility index (Phi) is 9.13. The van der Waals surface area contributed by atoms with Gasteiger partial charge >= 0.3 is 11.9 Å². The number of carbonyl (C=O) groups excluding carboxylic acids is 2. The van der Waals surface area contributed by atoms with Gasteiger partial charge in [-0.25, -0.2) is 4.79 Å². The first-order chi connectivity index (χ1) is 10.2. The summed E-state index contributed by atoms with van der Waals surface area (Å²) in [7, 11) is 0. The smallest absolute Gasteiger partial charge is 0.328 e. The second-order valence-corrected chi connectivity index (χ2v) is 4.73. The molecular formula is C11H19N3O7S. The van der Waals surface area contributed by atoms with Gasteiger partial charge in [-0.2, -0.15) is 12.6 Å². The number of aliphatic hydroxyl groups is 1. The van der Waals surface area contributed by atoms with Gasteiger partial charge in [-0.3, -0.25) is 14.4 Å². The van der Waals surface area contributed by atoms with E-state index < -0.39 is 48.5 Å². The number of nitrogens with two attached hydrogens (primary N) is 1. The molecular weight excluding hydrogens is 318 g/mol. The third-order valence-electron chi connectivity index (χ3n) is 2.62. The first-order valence-electron chi connectivity index (χ1n) is 6.25. The van der Waals surface area contributed by atoms with Gasteiger partial charge in [0.05, 0.1) is 12.6 Å². The minimum atomic E-state index is -1.51. The minimum absolute atomic E-state index is 0.115. The van der Waals surface area contributed by atoms with Gasteiger partial charge in [0, 0.05) is 12.2 Å². The number of hydrogen-bond donors (Lipinski definition) is 7. The lowest BCUT2D eigenvalue weighted by Gasteiger charge is -2.20. The van der Waals surface area contributed by atoms with Crippen LogP contribution in [0.4, 0.5) is 0 Å². The Morgan fingerprint density at radius 3 is 2.00 bits per heavy atom. The second kappa shape index (κ2) is 9.97. The van der Waals surface area contributed by atoms with E-state index in [9.17, 15) is 19.2 Å². The van der Waals surface area contributed by atoms with Crippen LogP contribution in [0, 0.1) is 0 Å². The van der Waals surface area contributed by atoms with Crippen LogP contribution in [0.3, 0.4) is 0 Å². The normalized spacial score (nSPS) is 14.5. The number of carboxylic acid groups (broad SMARTS) is 2. The van der Waals surface area contributed by atoms with E-state index in [0.29, 0.717) is 0 Å². The Hall–Kier alpha value is -1.85. The molecule has 0 saturated carbocycles. The van der Waals surface area contributed by atoms with Crippen molar-refractivity contribution in [2.24, 2.45) is 5.73 Å². The maximum absolute atomic E-state index is 11.8. The van der Waals surface area contributed by atoms with Crippen LogP contribution in [0.25, 0.3) is 0 Å². The number of carboxylic acids is 2. The molecule has 7 N–H and O–H groups in total. The number of carbonyl (C=O) groups is 4. The van der Waals surface area contributed by atoms with Crippen LogP contribution in [0.5, 0.6) is 0 Å². The molecule has 0 rings (SSSR count). The van der Waals surface area contributed by atoms with Crippen LogP contribution < -0.4 is 16.4 Å². The van der Waals surface area contributed by atoms with Crippen LogP contribution in [0.15, 0.2) is 0 Å². The number of thiol groups is 1. The SMILES string of the molecule is NC(CCC(=O)O)C(=O)NC(CS)C(=O)NC(CO)C(=O)O. The van der Waals surface area contributed by atoms with Gasteiger partial charge in [-0.05, 0) is 6.42 Å². The zero-order chi connectivity index (χ0) is 17.3. The molecule has 126 valence electrons. The fourth-order valence-corrected chi connectivity index (χ4v) is 1.60. The monoisotopic (exact) mass is 337 g/mol. The molecule has 10 nitrogen and oxygen atoms in total. The van der Waals surface area contributed by atoms with E-state index in [-0.39, 0.29) is 18.6 Å². The summed E-state index contributed by atoms with van der Waals surface area (Å²) >= 11 is 3.87. The van der Waals surface area contributed by atoms with Crippen molar-refractivity contribution in [3.8, 4) is 0 Å². The van der Waals surface area contributed by atoms with E-state index in [0.717, 1.165) is 0 Å². The van der Waals surface area contributed by atoms with E-state index in [1.807, 2.05) is 5.32 Å². The van der Waals surface area contributed by atoms with Crippen molar-refractivity contribution in [3.63, 3.8) is 0 Å². The summed E-state index contributed by atoms with van der Waals surface area (Å²) in [6.45, 7) is -0.813. The zero-order valence-corrected chi connectivity index (χ0v) is 12.5. The van der Waals surface area contributed by atoms with Gasteiger partial charge in [0.1, 0.15) is 12.1 Å². The van der Waals surface area contributed by atoms with E-state index in [4.69, 9.17) is 21.1 Å². The van der Waals surface area contributed by atoms with Gasteiger partial charge in [0.25, 0.3) is 0 Å². The van der Waals surface area contributed by atoms with Crippen LogP contribution in [0.1, 0.15) is 12.8 Å². The quantitative estimate of drug-likeness (QED) is 0.208. The molecule has 0 fully saturated rings. The second-order valence-electron chi connectivity index (χ2n) is 4.36. The van der Waals surface area contributed by atoms with Crippen LogP contribution in [-0.4, -0.2) is 69.6 Å². The summed E-state index contributed by atoms with van der Waals surface area (Å²) in [6.07, 6.45) is -0.422. The molecule has 0 aliphatic rings. The molecule has 0 aromatic rings. The lowest BCUT2D eigenvalue weighted by molar-refractivity contribution is -0.143. The summed E-state index contributed by atoms with van der Waals surface area (Å²) in [5.41, 5.74) is 5.48. The van der Waals surface area contributed by atoms with Crippen molar-refractivity contribution in [3.05, 3.63) is 0 Å². The standard InChI is InChI=1S/C11H19N3O7S/c12-5(1-2-8(16)17)9(18)14-7(4-22)10(19)13-6(3-15)11(20)21/h5-7,15,22H,1-4,12H2,(H,13,19)(H,14,18)(H,16,17)(H,20,21). The molecule has 0 aliphatic carbocycles. The fourth-order valence-electron chi connectivity index (χ4n) is 1.34. The summed E-state index contributed by atoms with van der Waals surface area (Å²) in [6, 6.07) is -3.80. The van der Waals surface area contributed by atoms with Crippen molar-refractivity contribution in [2.75, 3.05) is 12.4 Å². The lowest BCUT2D eigenvalue weighted by Crippen LogP contribution is -2.55. The summed E-state index contributed by atoms with van der Waals surface area (Å²) in [4.78, 5) is 44.6. The predicted molar refractivity (Wildman–Crippen MR) is 77.3 cm³/mol. The van der Waals surface area contributed by atoms with Crippen LogP contribution >= 0.6 is 12.6 Å². The predicted octanol–water partition coefficient (Wildman–Crippen LogP) is -2.85. The molecule has 0 aromatic carbocycles. The highest BCUT2D eigenvalue weighted by atomic mass is 32.1. The van der Waals surface area contributed by atoms with E-state index in [2.05, 4.69) is 17.9 Å². The highest BCUT2D eigenvalue weighted by Crippen LogP contribution is 1.98. The molecule has 3 atom stereocenters. The molecule has 2 amide bonds. The third kappa shape index (κ3) is 7.24. The molecule has 22 heavy (non-hydrogen) atoms. The minimum Gasteiger partial charge on any atom is -0.481 e. The Labute approximate surface area is 131 Å². The van der Waals surface area contributed by atoms with Gasteiger partial charge in [-0.15, -0.1) is 0 Å². The van der Waals surface area contributed by atoms with E-state index in [1.54, 1.807) is 0 Å². The number of aliphatic hydroxyl groups excluding tert-OH is 1. The van der Waals surface area contributed by atoms with Crippen LogP contribution in [0.2, 0.25) is 0 Å². The molecule has 0 bridgehead atoms. The molecule has 0 aromatic heterocycles. The maximum atomic E-state index is 11.8. The number of nitrogens with one attached hydrogen (secondary N) is 2. The first-order valence-corrected chi connectivity index (χ1v) is 6.88. The Balaban J connectivity index is 4.57. The molecule has 0 radical (unpaired) electrons. The molecule has 0 spiro atoms. The van der Waals surface area contributed by atoms with E-state index >= 15 is 0 Å². The molecule has 3 unspecified atom stereocenters. The molecule has 0 aliphatic heterocycles. The number of rotatable bonds is 10. The summed E-state index contributed by atoms with van der Waals surface area (Å²) in [5, 5.41) is 30.3. The van der Waals surface area contributed by atoms with Gasteiger partial charge in [0.2, 0.25) is 11.8 Å². The summed E-state index contributed by atoms with van der Waals surface area (Å²) < 4.78 is 0. The van der Waals surface area contributed by atoms with Crippen molar-refractivity contribution >= 4 is 36.4 Å². The Morgan fingerprint density at radius 1 is 1.05 bits per heavy atom. The zero-order valence-electron chi connectivity index (χ0n) is 11.6. The van der Waals surface area contributed by atoms with Gasteiger partial charge in [-0.1, -0.05) is 0 Å². The fraction of sp³-hybridized carbons (Fsp3) is 0.636. The van der Waals surface area contributed by atoms with Crippen LogP contribution in [-0.2, 0) is 19.2 Å². The highest BCUT2D eigenvalue weighted by Gasteiger charge is 2.26. The molecule has 0 saturated heterocycles. The highest BCUT2D eigenvalue weighted by molar-refractivity contribution is 7.80. The summed E-state index contributed by atoms with van der Waals surface area (Å²) in [5.74, 6) is -4.29. The Bertz CT molecular complexity index is 432. The average Bonchev–Trinajstić information content (AvgIpc) is 2.46.